The topological polar surface area (TPSA) is 61.9 Å². The van der Waals surface area contributed by atoms with Crippen LogP contribution in [0.15, 0.2) is 47.4 Å². The van der Waals surface area contributed by atoms with Gasteiger partial charge in [0.25, 0.3) is 0 Å². The average molecular weight is 440 g/mol. The molecule has 1 heterocycles. The van der Waals surface area contributed by atoms with E-state index in [-0.39, 0.29) is 4.90 Å². The fourth-order valence-electron chi connectivity index (χ4n) is 2.90. The number of sulfonamides is 1. The van der Waals surface area contributed by atoms with Crippen LogP contribution in [0.4, 0.5) is 5.69 Å². The minimum Gasteiger partial charge on any atom is -0.497 e. The van der Waals surface area contributed by atoms with Gasteiger partial charge in [-0.05, 0) is 61.1 Å². The van der Waals surface area contributed by atoms with Crippen LogP contribution >= 0.6 is 23.8 Å². The van der Waals surface area contributed by atoms with Crippen LogP contribution in [0.1, 0.15) is 5.56 Å². The van der Waals surface area contributed by atoms with E-state index in [2.05, 4.69) is 5.32 Å². The van der Waals surface area contributed by atoms with Gasteiger partial charge in [-0.15, -0.1) is 0 Å². The summed E-state index contributed by atoms with van der Waals surface area (Å²) in [6.45, 7) is 3.70. The van der Waals surface area contributed by atoms with Gasteiger partial charge in [-0.25, -0.2) is 8.42 Å². The molecule has 0 aliphatic carbocycles. The Labute approximate surface area is 176 Å². The molecule has 2 aromatic rings. The molecule has 0 atom stereocenters. The number of aryl methyl sites for hydroxylation is 1. The summed E-state index contributed by atoms with van der Waals surface area (Å²) < 4.78 is 32.2. The van der Waals surface area contributed by atoms with Gasteiger partial charge in [-0.1, -0.05) is 17.7 Å². The Hall–Kier alpha value is -1.87. The van der Waals surface area contributed by atoms with Crippen molar-refractivity contribution < 1.29 is 13.2 Å². The number of rotatable bonds is 4. The van der Waals surface area contributed by atoms with Crippen molar-refractivity contribution in [3.63, 3.8) is 0 Å². The summed E-state index contributed by atoms with van der Waals surface area (Å²) in [7, 11) is -1.99. The molecule has 0 unspecified atom stereocenters. The highest BCUT2D eigenvalue weighted by Crippen LogP contribution is 2.22. The quantitative estimate of drug-likeness (QED) is 0.737. The summed E-state index contributed by atoms with van der Waals surface area (Å²) in [5.41, 5.74) is 1.81. The highest BCUT2D eigenvalue weighted by Gasteiger charge is 2.29. The van der Waals surface area contributed by atoms with Gasteiger partial charge in [0.1, 0.15) is 5.75 Å². The van der Waals surface area contributed by atoms with E-state index >= 15 is 0 Å². The Morgan fingerprint density at radius 3 is 2.32 bits per heavy atom. The number of nitrogens with one attached hydrogen (secondary N) is 1. The fourth-order valence-corrected chi connectivity index (χ4v) is 4.80. The lowest BCUT2D eigenvalue weighted by Crippen LogP contribution is -2.51. The molecule has 0 aromatic heterocycles. The van der Waals surface area contributed by atoms with Gasteiger partial charge in [-0.2, -0.15) is 4.31 Å². The Kier molecular flexibility index (Phi) is 6.44. The molecule has 0 radical (unpaired) electrons. The molecule has 1 fully saturated rings. The number of ether oxygens (including phenoxy) is 1. The van der Waals surface area contributed by atoms with Crippen LogP contribution in [0.5, 0.6) is 5.75 Å². The molecule has 3 rings (SSSR count). The standard InChI is InChI=1S/C19H22ClN3O3S2/c1-14-3-4-15(13-18(14)20)21-19(27)22-9-11-23(12-10-22)28(24,25)17-7-5-16(26-2)6-8-17/h3-8,13H,9-12H2,1-2H3,(H,21,27). The van der Waals surface area contributed by atoms with E-state index in [1.165, 1.54) is 4.31 Å². The first-order valence-electron chi connectivity index (χ1n) is 8.77. The molecule has 150 valence electrons. The van der Waals surface area contributed by atoms with Crippen LogP contribution in [-0.4, -0.2) is 56.0 Å². The molecule has 1 N–H and O–H groups in total. The first kappa shape index (κ1) is 20.9. The van der Waals surface area contributed by atoms with Crippen molar-refractivity contribution >= 4 is 44.6 Å². The Morgan fingerprint density at radius 2 is 1.75 bits per heavy atom. The first-order valence-corrected chi connectivity index (χ1v) is 11.0. The van der Waals surface area contributed by atoms with Crippen molar-refractivity contribution in [2.75, 3.05) is 38.6 Å². The molecule has 0 spiro atoms. The number of anilines is 1. The van der Waals surface area contributed by atoms with Crippen LogP contribution in [0.25, 0.3) is 0 Å². The predicted molar refractivity (Wildman–Crippen MR) is 116 cm³/mol. The Balaban J connectivity index is 1.61. The van der Waals surface area contributed by atoms with Crippen LogP contribution < -0.4 is 10.1 Å². The SMILES string of the molecule is COc1ccc(S(=O)(=O)N2CCN(C(=S)Nc3ccc(C)c(Cl)c3)CC2)cc1. The maximum absolute atomic E-state index is 12.8. The highest BCUT2D eigenvalue weighted by molar-refractivity contribution is 7.89. The van der Waals surface area contributed by atoms with Gasteiger partial charge >= 0.3 is 0 Å². The predicted octanol–water partition coefficient (Wildman–Crippen LogP) is 3.36. The number of halogens is 1. The van der Waals surface area contributed by atoms with Gasteiger partial charge in [0.05, 0.1) is 12.0 Å². The third-order valence-electron chi connectivity index (χ3n) is 4.65. The van der Waals surface area contributed by atoms with Crippen molar-refractivity contribution in [1.82, 2.24) is 9.21 Å². The van der Waals surface area contributed by atoms with Crippen molar-refractivity contribution in [1.29, 1.82) is 0 Å². The molecule has 1 aliphatic rings. The van der Waals surface area contributed by atoms with Crippen molar-refractivity contribution in [2.24, 2.45) is 0 Å². The highest BCUT2D eigenvalue weighted by atomic mass is 35.5. The zero-order valence-corrected chi connectivity index (χ0v) is 18.1. The lowest BCUT2D eigenvalue weighted by Gasteiger charge is -2.35. The third-order valence-corrected chi connectivity index (χ3v) is 7.33. The van der Waals surface area contributed by atoms with E-state index in [0.717, 1.165) is 11.3 Å². The minimum absolute atomic E-state index is 0.261. The molecule has 28 heavy (non-hydrogen) atoms. The van der Waals surface area contributed by atoms with Gasteiger partial charge < -0.3 is 15.0 Å². The summed E-state index contributed by atoms with van der Waals surface area (Å²) >= 11 is 11.6. The lowest BCUT2D eigenvalue weighted by molar-refractivity contribution is 0.268. The average Bonchev–Trinajstić information content (AvgIpc) is 2.71. The van der Waals surface area contributed by atoms with E-state index in [0.29, 0.717) is 42.1 Å². The lowest BCUT2D eigenvalue weighted by atomic mass is 10.2. The number of benzene rings is 2. The number of hydrogen-bond donors (Lipinski definition) is 1. The second-order valence-corrected chi connectivity index (χ2v) is 9.19. The van der Waals surface area contributed by atoms with Crippen LogP contribution in [0.3, 0.4) is 0 Å². The van der Waals surface area contributed by atoms with Crippen molar-refractivity contribution in [3.8, 4) is 5.75 Å². The molecule has 6 nitrogen and oxygen atoms in total. The molecule has 0 bridgehead atoms. The molecule has 1 aliphatic heterocycles. The molecular weight excluding hydrogens is 418 g/mol. The Bertz CT molecular complexity index is 957. The first-order chi connectivity index (χ1) is 13.3. The molecule has 0 amide bonds. The number of methoxy groups -OCH3 is 1. The van der Waals surface area contributed by atoms with Crippen molar-refractivity contribution in [3.05, 3.63) is 53.1 Å². The van der Waals surface area contributed by atoms with Crippen LogP contribution in [0.2, 0.25) is 5.02 Å². The minimum atomic E-state index is -3.54. The second-order valence-electron chi connectivity index (χ2n) is 6.46. The van der Waals surface area contributed by atoms with Gasteiger partial charge in [0.15, 0.2) is 5.11 Å². The molecule has 2 aromatic carbocycles. The molecule has 9 heteroatoms. The number of nitrogens with zero attached hydrogens (tertiary/aromatic N) is 2. The van der Waals surface area contributed by atoms with E-state index in [9.17, 15) is 8.42 Å². The third kappa shape index (κ3) is 4.57. The molecular formula is C19H22ClN3O3S2. The smallest absolute Gasteiger partial charge is 0.243 e. The van der Waals surface area contributed by atoms with Gasteiger partial charge in [0.2, 0.25) is 10.0 Å². The summed E-state index contributed by atoms with van der Waals surface area (Å²) in [5.74, 6) is 0.622. The van der Waals surface area contributed by atoms with E-state index < -0.39 is 10.0 Å². The summed E-state index contributed by atoms with van der Waals surface area (Å²) in [6, 6.07) is 12.1. The maximum atomic E-state index is 12.8. The Morgan fingerprint density at radius 1 is 1.11 bits per heavy atom. The van der Waals surface area contributed by atoms with E-state index in [1.807, 2.05) is 30.0 Å². The van der Waals surface area contributed by atoms with E-state index in [4.69, 9.17) is 28.6 Å². The number of thiocarbonyl (C=S) groups is 1. The second kappa shape index (κ2) is 8.65. The van der Waals surface area contributed by atoms with Crippen LogP contribution in [-0.2, 0) is 10.0 Å². The molecule has 0 saturated carbocycles. The summed E-state index contributed by atoms with van der Waals surface area (Å²) in [6.07, 6.45) is 0. The van der Waals surface area contributed by atoms with E-state index in [1.54, 1.807) is 31.4 Å². The zero-order chi connectivity index (χ0) is 20.3. The largest absolute Gasteiger partial charge is 0.497 e. The zero-order valence-electron chi connectivity index (χ0n) is 15.7. The summed E-state index contributed by atoms with van der Waals surface area (Å²) in [4.78, 5) is 2.22. The van der Waals surface area contributed by atoms with Gasteiger partial charge in [0, 0.05) is 36.9 Å². The monoisotopic (exact) mass is 439 g/mol. The number of piperazine rings is 1. The van der Waals surface area contributed by atoms with Crippen molar-refractivity contribution in [2.45, 2.75) is 11.8 Å². The maximum Gasteiger partial charge on any atom is 0.243 e. The van der Waals surface area contributed by atoms with Gasteiger partial charge in [-0.3, -0.25) is 0 Å². The number of hydrogen-bond acceptors (Lipinski definition) is 4. The summed E-state index contributed by atoms with van der Waals surface area (Å²) in [5, 5.41) is 4.40. The molecule has 1 saturated heterocycles. The fraction of sp³-hybridized carbons (Fsp3) is 0.316. The van der Waals surface area contributed by atoms with Crippen LogP contribution in [0, 0.1) is 6.92 Å². The normalized spacial score (nSPS) is 15.3.